The molecule has 0 aromatic heterocycles. The SMILES string of the molecule is CCC(CN)CCCNC=O. The van der Waals surface area contributed by atoms with E-state index in [-0.39, 0.29) is 0 Å². The lowest BCUT2D eigenvalue weighted by molar-refractivity contribution is -0.109. The van der Waals surface area contributed by atoms with Crippen LogP contribution in [0.1, 0.15) is 26.2 Å². The molecule has 1 atom stereocenters. The van der Waals surface area contributed by atoms with Crippen LogP contribution in [0.15, 0.2) is 0 Å². The summed E-state index contributed by atoms with van der Waals surface area (Å²) in [6.07, 6.45) is 4.03. The Kier molecular flexibility index (Phi) is 7.15. The number of hydrogen-bond donors (Lipinski definition) is 2. The van der Waals surface area contributed by atoms with Gasteiger partial charge in [-0.15, -0.1) is 0 Å². The zero-order valence-electron chi connectivity index (χ0n) is 7.18. The summed E-state index contributed by atoms with van der Waals surface area (Å²) < 4.78 is 0. The van der Waals surface area contributed by atoms with Crippen LogP contribution in [-0.4, -0.2) is 19.5 Å². The van der Waals surface area contributed by atoms with Gasteiger partial charge in [-0.1, -0.05) is 13.3 Å². The molecule has 1 unspecified atom stereocenters. The van der Waals surface area contributed by atoms with E-state index in [4.69, 9.17) is 5.73 Å². The van der Waals surface area contributed by atoms with Crippen LogP contribution in [0.2, 0.25) is 0 Å². The molecular formula is C8H18N2O. The van der Waals surface area contributed by atoms with Crippen LogP contribution in [0.25, 0.3) is 0 Å². The van der Waals surface area contributed by atoms with E-state index < -0.39 is 0 Å². The zero-order chi connectivity index (χ0) is 8.53. The number of amides is 1. The Morgan fingerprint density at radius 1 is 1.64 bits per heavy atom. The maximum absolute atomic E-state index is 9.85. The minimum atomic E-state index is 0.628. The summed E-state index contributed by atoms with van der Waals surface area (Å²) in [4.78, 5) is 9.85. The van der Waals surface area contributed by atoms with Gasteiger partial charge in [0.2, 0.25) is 6.41 Å². The van der Waals surface area contributed by atoms with Crippen molar-refractivity contribution in [2.24, 2.45) is 11.7 Å². The predicted octanol–water partition coefficient (Wildman–Crippen LogP) is 0.497. The van der Waals surface area contributed by atoms with Crippen molar-refractivity contribution in [2.75, 3.05) is 13.1 Å². The van der Waals surface area contributed by atoms with Crippen LogP contribution in [0, 0.1) is 5.92 Å². The highest BCUT2D eigenvalue weighted by atomic mass is 16.1. The molecule has 0 spiro atoms. The molecule has 66 valence electrons. The molecule has 0 radical (unpaired) electrons. The lowest BCUT2D eigenvalue weighted by Gasteiger charge is -2.10. The first kappa shape index (κ1) is 10.4. The van der Waals surface area contributed by atoms with Crippen LogP contribution in [0.3, 0.4) is 0 Å². The van der Waals surface area contributed by atoms with E-state index in [0.717, 1.165) is 38.8 Å². The van der Waals surface area contributed by atoms with Gasteiger partial charge in [0.15, 0.2) is 0 Å². The van der Waals surface area contributed by atoms with E-state index >= 15 is 0 Å². The molecule has 0 heterocycles. The number of carbonyl (C=O) groups is 1. The number of nitrogens with one attached hydrogen (secondary N) is 1. The minimum absolute atomic E-state index is 0.628. The van der Waals surface area contributed by atoms with Gasteiger partial charge in [0.1, 0.15) is 0 Å². The molecule has 0 aliphatic carbocycles. The normalized spacial score (nSPS) is 12.5. The van der Waals surface area contributed by atoms with Crippen LogP contribution >= 0.6 is 0 Å². The fourth-order valence-electron chi connectivity index (χ4n) is 1.04. The summed E-state index contributed by atoms with van der Waals surface area (Å²) >= 11 is 0. The van der Waals surface area contributed by atoms with Gasteiger partial charge in [0.05, 0.1) is 0 Å². The van der Waals surface area contributed by atoms with Crippen molar-refractivity contribution in [2.45, 2.75) is 26.2 Å². The van der Waals surface area contributed by atoms with Crippen LogP contribution < -0.4 is 11.1 Å². The largest absolute Gasteiger partial charge is 0.359 e. The number of nitrogens with two attached hydrogens (primary N) is 1. The molecule has 0 bridgehead atoms. The van der Waals surface area contributed by atoms with Crippen molar-refractivity contribution in [3.8, 4) is 0 Å². The van der Waals surface area contributed by atoms with E-state index in [0.29, 0.717) is 5.92 Å². The molecule has 0 aliphatic rings. The Morgan fingerprint density at radius 2 is 2.36 bits per heavy atom. The molecule has 3 nitrogen and oxygen atoms in total. The molecule has 1 amide bonds. The van der Waals surface area contributed by atoms with Gasteiger partial charge in [-0.25, -0.2) is 0 Å². The quantitative estimate of drug-likeness (QED) is 0.418. The standard InChI is InChI=1S/C8H18N2O/c1-2-8(6-9)4-3-5-10-7-11/h7-8H,2-6,9H2,1H3,(H,10,11). The minimum Gasteiger partial charge on any atom is -0.359 e. The number of carbonyl (C=O) groups excluding carboxylic acids is 1. The smallest absolute Gasteiger partial charge is 0.207 e. The van der Waals surface area contributed by atoms with Crippen molar-refractivity contribution >= 4 is 6.41 Å². The van der Waals surface area contributed by atoms with Crippen molar-refractivity contribution in [3.05, 3.63) is 0 Å². The molecular weight excluding hydrogens is 140 g/mol. The summed E-state index contributed by atoms with van der Waals surface area (Å²) in [5, 5.41) is 2.63. The number of hydrogen-bond acceptors (Lipinski definition) is 2. The van der Waals surface area contributed by atoms with E-state index in [1.54, 1.807) is 0 Å². The average molecular weight is 158 g/mol. The molecule has 0 saturated heterocycles. The molecule has 0 saturated carbocycles. The van der Waals surface area contributed by atoms with Gasteiger partial charge in [-0.3, -0.25) is 4.79 Å². The fraction of sp³-hybridized carbons (Fsp3) is 0.875. The Bertz CT molecular complexity index is 92.1. The first-order valence-corrected chi connectivity index (χ1v) is 4.22. The van der Waals surface area contributed by atoms with E-state index in [2.05, 4.69) is 12.2 Å². The molecule has 0 aromatic rings. The Hall–Kier alpha value is -0.570. The molecule has 3 heteroatoms. The molecule has 3 N–H and O–H groups in total. The lowest BCUT2D eigenvalue weighted by atomic mass is 10.0. The zero-order valence-corrected chi connectivity index (χ0v) is 7.18. The highest BCUT2D eigenvalue weighted by Crippen LogP contribution is 2.07. The second kappa shape index (κ2) is 7.54. The van der Waals surface area contributed by atoms with Crippen molar-refractivity contribution in [3.63, 3.8) is 0 Å². The van der Waals surface area contributed by atoms with Crippen molar-refractivity contribution < 1.29 is 4.79 Å². The Balaban J connectivity index is 3.13. The monoisotopic (exact) mass is 158 g/mol. The van der Waals surface area contributed by atoms with Gasteiger partial charge in [-0.05, 0) is 25.3 Å². The summed E-state index contributed by atoms with van der Waals surface area (Å²) in [5.74, 6) is 0.628. The van der Waals surface area contributed by atoms with Gasteiger partial charge in [0, 0.05) is 6.54 Å². The summed E-state index contributed by atoms with van der Waals surface area (Å²) in [6.45, 7) is 3.68. The highest BCUT2D eigenvalue weighted by molar-refractivity contribution is 5.45. The molecule has 0 fully saturated rings. The predicted molar refractivity (Wildman–Crippen MR) is 46.1 cm³/mol. The molecule has 0 aliphatic heterocycles. The molecule has 0 rings (SSSR count). The van der Waals surface area contributed by atoms with Gasteiger partial charge < -0.3 is 11.1 Å². The van der Waals surface area contributed by atoms with Crippen LogP contribution in [0.5, 0.6) is 0 Å². The van der Waals surface area contributed by atoms with Gasteiger partial charge in [-0.2, -0.15) is 0 Å². The molecule has 11 heavy (non-hydrogen) atoms. The Morgan fingerprint density at radius 3 is 2.82 bits per heavy atom. The third kappa shape index (κ3) is 5.85. The topological polar surface area (TPSA) is 55.1 Å². The Labute approximate surface area is 68.3 Å². The molecule has 0 aromatic carbocycles. The lowest BCUT2D eigenvalue weighted by Crippen LogP contribution is -2.17. The maximum atomic E-state index is 9.85. The van der Waals surface area contributed by atoms with Gasteiger partial charge >= 0.3 is 0 Å². The van der Waals surface area contributed by atoms with E-state index in [1.807, 2.05) is 0 Å². The average Bonchev–Trinajstić information content (AvgIpc) is 2.05. The summed E-state index contributed by atoms with van der Waals surface area (Å²) in [7, 11) is 0. The summed E-state index contributed by atoms with van der Waals surface area (Å²) in [6, 6.07) is 0. The van der Waals surface area contributed by atoms with Crippen LogP contribution in [-0.2, 0) is 4.79 Å². The van der Waals surface area contributed by atoms with E-state index in [9.17, 15) is 4.79 Å². The third-order valence-electron chi connectivity index (χ3n) is 1.93. The maximum Gasteiger partial charge on any atom is 0.207 e. The second-order valence-electron chi connectivity index (χ2n) is 2.72. The second-order valence-corrected chi connectivity index (χ2v) is 2.72. The summed E-state index contributed by atoms with van der Waals surface area (Å²) in [5.41, 5.74) is 5.51. The van der Waals surface area contributed by atoms with Crippen molar-refractivity contribution in [1.29, 1.82) is 0 Å². The van der Waals surface area contributed by atoms with Gasteiger partial charge in [0.25, 0.3) is 0 Å². The van der Waals surface area contributed by atoms with Crippen molar-refractivity contribution in [1.82, 2.24) is 5.32 Å². The van der Waals surface area contributed by atoms with Crippen LogP contribution in [0.4, 0.5) is 0 Å². The third-order valence-corrected chi connectivity index (χ3v) is 1.93. The number of rotatable bonds is 7. The highest BCUT2D eigenvalue weighted by Gasteiger charge is 2.01. The van der Waals surface area contributed by atoms with E-state index in [1.165, 1.54) is 0 Å². The first-order chi connectivity index (χ1) is 5.35. The fourth-order valence-corrected chi connectivity index (χ4v) is 1.04. The first-order valence-electron chi connectivity index (χ1n) is 4.22.